The highest BCUT2D eigenvalue weighted by Gasteiger charge is 2.35. The van der Waals surface area contributed by atoms with Crippen LogP contribution in [0.4, 0.5) is 0 Å². The summed E-state index contributed by atoms with van der Waals surface area (Å²) < 4.78 is 2.01. The second-order valence-electron chi connectivity index (χ2n) is 11.1. The van der Waals surface area contributed by atoms with Gasteiger partial charge in [0.2, 0.25) is 0 Å². The van der Waals surface area contributed by atoms with E-state index in [1.54, 1.807) is 0 Å². The number of benzene rings is 2. The van der Waals surface area contributed by atoms with Crippen LogP contribution >= 0.6 is 11.6 Å². The summed E-state index contributed by atoms with van der Waals surface area (Å²) in [5.74, 6) is 0.873. The maximum absolute atomic E-state index is 13.9. The smallest absolute Gasteiger partial charge is 0.257 e. The standard InChI is InChI=1S/C31H37ClN4O/c32-26-11-15-28(16-12-26)36-30(24-9-13-27(14-10-24)34-18-5-2-6-19-34)29(21-33-36)31(37)35-20-17-25(22-35)23-7-3-1-4-8-23/h1,3-4,7-8,11-12,15-16,21,24-25,27H,2,5-6,9-10,13-14,17-20,22H2. The molecule has 194 valence electrons. The van der Waals surface area contributed by atoms with Crippen molar-refractivity contribution in [1.82, 2.24) is 19.6 Å². The average molecular weight is 517 g/mol. The van der Waals surface area contributed by atoms with Crippen LogP contribution in [0.1, 0.15) is 84.8 Å². The van der Waals surface area contributed by atoms with Gasteiger partial charge in [0.05, 0.1) is 23.1 Å². The van der Waals surface area contributed by atoms with Gasteiger partial charge in [-0.1, -0.05) is 48.4 Å². The average Bonchev–Trinajstić information content (AvgIpc) is 3.63. The summed E-state index contributed by atoms with van der Waals surface area (Å²) in [6.45, 7) is 4.07. The van der Waals surface area contributed by atoms with E-state index in [1.807, 2.05) is 40.0 Å². The Bertz CT molecular complexity index is 1190. The molecule has 3 aliphatic rings. The fourth-order valence-corrected chi connectivity index (χ4v) is 6.94. The summed E-state index contributed by atoms with van der Waals surface area (Å²) >= 11 is 6.19. The molecule has 5 nitrogen and oxygen atoms in total. The number of nitrogens with zero attached hydrogens (tertiary/aromatic N) is 4. The molecule has 0 radical (unpaired) electrons. The molecule has 2 aliphatic heterocycles. The van der Waals surface area contributed by atoms with E-state index < -0.39 is 0 Å². The number of amides is 1. The largest absolute Gasteiger partial charge is 0.338 e. The SMILES string of the molecule is O=C(c1cnn(-c2ccc(Cl)cc2)c1C1CCC(N2CCCCC2)CC1)N1CCC(c2ccccc2)C1. The third-order valence-corrected chi connectivity index (χ3v) is 9.10. The van der Waals surface area contributed by atoms with E-state index in [1.165, 1.54) is 50.8 Å². The van der Waals surface area contributed by atoms with Crippen LogP contribution < -0.4 is 0 Å². The first-order chi connectivity index (χ1) is 18.2. The zero-order chi connectivity index (χ0) is 25.2. The van der Waals surface area contributed by atoms with Gasteiger partial charge in [-0.15, -0.1) is 0 Å². The van der Waals surface area contributed by atoms with Crippen molar-refractivity contribution in [1.29, 1.82) is 0 Å². The van der Waals surface area contributed by atoms with Crippen LogP contribution in [0.2, 0.25) is 5.02 Å². The van der Waals surface area contributed by atoms with Crippen molar-refractivity contribution in [3.05, 3.63) is 82.6 Å². The second-order valence-corrected chi connectivity index (χ2v) is 11.5. The molecule has 0 N–H and O–H groups in total. The van der Waals surface area contributed by atoms with Gasteiger partial charge < -0.3 is 9.80 Å². The molecule has 2 saturated heterocycles. The third kappa shape index (κ3) is 5.21. The molecule has 1 aromatic heterocycles. The molecule has 1 saturated carbocycles. The van der Waals surface area contributed by atoms with Gasteiger partial charge in [0, 0.05) is 36.0 Å². The van der Waals surface area contributed by atoms with Crippen molar-refractivity contribution in [2.45, 2.75) is 69.2 Å². The number of hydrogen-bond donors (Lipinski definition) is 0. The number of hydrogen-bond acceptors (Lipinski definition) is 3. The highest BCUT2D eigenvalue weighted by atomic mass is 35.5. The molecule has 3 heterocycles. The summed E-state index contributed by atoms with van der Waals surface area (Å²) in [6, 6.07) is 19.1. The van der Waals surface area contributed by atoms with Gasteiger partial charge in [0.25, 0.3) is 5.91 Å². The zero-order valence-corrected chi connectivity index (χ0v) is 22.3. The molecule has 37 heavy (non-hydrogen) atoms. The third-order valence-electron chi connectivity index (χ3n) is 8.84. The highest BCUT2D eigenvalue weighted by Crippen LogP contribution is 2.39. The summed E-state index contributed by atoms with van der Waals surface area (Å²) in [5, 5.41) is 5.49. The van der Waals surface area contributed by atoms with Gasteiger partial charge in [0.15, 0.2) is 0 Å². The van der Waals surface area contributed by atoms with Crippen LogP contribution in [0.15, 0.2) is 60.8 Å². The Balaban J connectivity index is 1.25. The molecule has 1 aliphatic carbocycles. The van der Waals surface area contributed by atoms with Crippen molar-refractivity contribution >= 4 is 17.5 Å². The van der Waals surface area contributed by atoms with Crippen molar-refractivity contribution in [3.8, 4) is 5.69 Å². The van der Waals surface area contributed by atoms with Gasteiger partial charge in [-0.05, 0) is 87.9 Å². The Kier molecular flexibility index (Phi) is 7.34. The minimum atomic E-state index is 0.131. The lowest BCUT2D eigenvalue weighted by atomic mass is 9.81. The summed E-state index contributed by atoms with van der Waals surface area (Å²) in [6.07, 6.45) is 11.5. The van der Waals surface area contributed by atoms with Crippen LogP contribution in [0, 0.1) is 0 Å². The molecular weight excluding hydrogens is 480 g/mol. The van der Waals surface area contributed by atoms with E-state index in [2.05, 4.69) is 35.2 Å². The quantitative estimate of drug-likeness (QED) is 0.380. The highest BCUT2D eigenvalue weighted by molar-refractivity contribution is 6.30. The predicted octanol–water partition coefficient (Wildman–Crippen LogP) is 6.67. The maximum atomic E-state index is 13.9. The summed E-state index contributed by atoms with van der Waals surface area (Å²) in [7, 11) is 0. The molecule has 0 spiro atoms. The topological polar surface area (TPSA) is 41.4 Å². The fraction of sp³-hybridized carbons (Fsp3) is 0.484. The van der Waals surface area contributed by atoms with Gasteiger partial charge in [-0.25, -0.2) is 4.68 Å². The number of likely N-dealkylation sites (tertiary alicyclic amines) is 2. The number of carbonyl (C=O) groups excluding carboxylic acids is 1. The molecule has 6 rings (SSSR count). The molecule has 1 atom stereocenters. The van der Waals surface area contributed by atoms with E-state index >= 15 is 0 Å². The summed E-state index contributed by atoms with van der Waals surface area (Å²) in [5.41, 5.74) is 4.17. The second kappa shape index (κ2) is 11.0. The Hall–Kier alpha value is -2.63. The van der Waals surface area contributed by atoms with E-state index in [0.717, 1.165) is 49.3 Å². The van der Waals surface area contributed by atoms with Crippen LogP contribution in [-0.2, 0) is 0 Å². The Morgan fingerprint density at radius 2 is 1.54 bits per heavy atom. The van der Waals surface area contributed by atoms with Crippen LogP contribution in [0.5, 0.6) is 0 Å². The first kappa shape index (κ1) is 24.7. The number of piperidine rings is 1. The van der Waals surface area contributed by atoms with Crippen LogP contribution in [0.25, 0.3) is 5.69 Å². The predicted molar refractivity (Wildman–Crippen MR) is 149 cm³/mol. The van der Waals surface area contributed by atoms with Crippen molar-refractivity contribution in [3.63, 3.8) is 0 Å². The van der Waals surface area contributed by atoms with Crippen molar-refractivity contribution in [2.24, 2.45) is 0 Å². The lowest BCUT2D eigenvalue weighted by Crippen LogP contribution is -2.41. The lowest BCUT2D eigenvalue weighted by molar-refractivity contribution is 0.0787. The van der Waals surface area contributed by atoms with Crippen molar-refractivity contribution < 1.29 is 4.79 Å². The number of aromatic nitrogens is 2. The Morgan fingerprint density at radius 3 is 2.27 bits per heavy atom. The van der Waals surface area contributed by atoms with E-state index in [-0.39, 0.29) is 5.91 Å². The molecular formula is C31H37ClN4O. The fourth-order valence-electron chi connectivity index (χ4n) is 6.81. The molecule has 6 heteroatoms. The summed E-state index contributed by atoms with van der Waals surface area (Å²) in [4.78, 5) is 18.7. The first-order valence-electron chi connectivity index (χ1n) is 14.1. The monoisotopic (exact) mass is 516 g/mol. The maximum Gasteiger partial charge on any atom is 0.257 e. The van der Waals surface area contributed by atoms with Crippen molar-refractivity contribution in [2.75, 3.05) is 26.2 Å². The zero-order valence-electron chi connectivity index (χ0n) is 21.6. The molecule has 0 bridgehead atoms. The molecule has 3 aromatic rings. The van der Waals surface area contributed by atoms with Gasteiger partial charge in [-0.2, -0.15) is 5.10 Å². The van der Waals surface area contributed by atoms with Gasteiger partial charge >= 0.3 is 0 Å². The minimum absolute atomic E-state index is 0.131. The molecule has 1 unspecified atom stereocenters. The van der Waals surface area contributed by atoms with Gasteiger partial charge in [0.1, 0.15) is 0 Å². The number of rotatable bonds is 5. The Morgan fingerprint density at radius 1 is 0.811 bits per heavy atom. The Labute approximate surface area is 225 Å². The van der Waals surface area contributed by atoms with E-state index in [9.17, 15) is 4.79 Å². The number of carbonyl (C=O) groups is 1. The lowest BCUT2D eigenvalue weighted by Gasteiger charge is -2.39. The van der Waals surface area contributed by atoms with E-state index in [4.69, 9.17) is 16.7 Å². The molecule has 1 amide bonds. The molecule has 3 fully saturated rings. The van der Waals surface area contributed by atoms with Crippen LogP contribution in [-0.4, -0.2) is 57.7 Å². The number of halogens is 1. The normalized spacial score (nSPS) is 24.9. The van der Waals surface area contributed by atoms with E-state index in [0.29, 0.717) is 22.9 Å². The van der Waals surface area contributed by atoms with Gasteiger partial charge in [-0.3, -0.25) is 4.79 Å². The first-order valence-corrected chi connectivity index (χ1v) is 14.5. The minimum Gasteiger partial charge on any atom is -0.338 e. The molecule has 2 aromatic carbocycles. The van der Waals surface area contributed by atoms with Crippen LogP contribution in [0.3, 0.4) is 0 Å².